The summed E-state index contributed by atoms with van der Waals surface area (Å²) in [5.74, 6) is -2.75. The Morgan fingerprint density at radius 3 is 2.43 bits per heavy atom. The van der Waals surface area contributed by atoms with Crippen LogP contribution in [0.1, 0.15) is 69.9 Å². The van der Waals surface area contributed by atoms with E-state index < -0.39 is 39.0 Å². The highest BCUT2D eigenvalue weighted by Gasteiger charge is 2.52. The van der Waals surface area contributed by atoms with Crippen molar-refractivity contribution in [3.63, 3.8) is 0 Å². The van der Waals surface area contributed by atoms with Crippen LogP contribution in [0.2, 0.25) is 0 Å². The minimum Gasteiger partial charge on any atom is -0.294 e. The Morgan fingerprint density at radius 1 is 1.09 bits per heavy atom. The number of sulfone groups is 1. The van der Waals surface area contributed by atoms with Crippen molar-refractivity contribution in [2.45, 2.75) is 50.0 Å². The van der Waals surface area contributed by atoms with Gasteiger partial charge in [-0.3, -0.25) is 39.2 Å². The largest absolute Gasteiger partial charge is 0.294 e. The van der Waals surface area contributed by atoms with Crippen LogP contribution in [0.3, 0.4) is 0 Å². The van der Waals surface area contributed by atoms with Crippen LogP contribution in [0.25, 0.3) is 0 Å². The van der Waals surface area contributed by atoms with Gasteiger partial charge >= 0.3 is 0 Å². The molecule has 1 fully saturated rings. The highest BCUT2D eigenvalue weighted by atomic mass is 32.2. The van der Waals surface area contributed by atoms with E-state index in [-0.39, 0.29) is 58.9 Å². The predicted molar refractivity (Wildman–Crippen MR) is 122 cm³/mol. The maximum atomic E-state index is 13.1. The van der Waals surface area contributed by atoms with Crippen LogP contribution in [-0.2, 0) is 25.8 Å². The average Bonchev–Trinajstić information content (AvgIpc) is 3.10. The van der Waals surface area contributed by atoms with Gasteiger partial charge in [0.05, 0.1) is 21.8 Å². The van der Waals surface area contributed by atoms with E-state index in [4.69, 9.17) is 0 Å². The quantitative estimate of drug-likeness (QED) is 0.447. The van der Waals surface area contributed by atoms with Crippen molar-refractivity contribution in [1.29, 1.82) is 0 Å². The number of carbonyl (C=O) groups excluding carboxylic acids is 5. The minimum atomic E-state index is -3.41. The van der Waals surface area contributed by atoms with Gasteiger partial charge in [-0.25, -0.2) is 8.42 Å². The molecule has 4 amide bonds. The van der Waals surface area contributed by atoms with Crippen molar-refractivity contribution in [3.05, 3.63) is 58.9 Å². The van der Waals surface area contributed by atoms with Crippen LogP contribution in [0.15, 0.2) is 41.4 Å². The average molecular weight is 498 g/mol. The molecule has 2 aliphatic rings. The SMILES string of the molecule is CCS(=O)(=O)c1ccc(C(=O)CCc2ccc3c(c2)C(=O)N([C@@]2(C)CCC(=O)NC2=O)C3=O)nc1. The molecule has 0 bridgehead atoms. The molecule has 1 aromatic carbocycles. The van der Waals surface area contributed by atoms with Gasteiger partial charge in [-0.1, -0.05) is 13.0 Å². The van der Waals surface area contributed by atoms with Gasteiger partial charge in [-0.05, 0) is 49.6 Å². The number of carbonyl (C=O) groups is 5. The molecule has 10 nitrogen and oxygen atoms in total. The number of pyridine rings is 1. The van der Waals surface area contributed by atoms with Gasteiger partial charge in [-0.15, -0.1) is 0 Å². The monoisotopic (exact) mass is 497 g/mol. The highest BCUT2D eigenvalue weighted by molar-refractivity contribution is 7.91. The van der Waals surface area contributed by atoms with Crippen LogP contribution >= 0.6 is 0 Å². The summed E-state index contributed by atoms with van der Waals surface area (Å²) in [7, 11) is -3.41. The topological polar surface area (TPSA) is 148 Å². The molecule has 0 spiro atoms. The van der Waals surface area contributed by atoms with Gasteiger partial charge < -0.3 is 0 Å². The number of fused-ring (bicyclic) bond motifs is 1. The molecule has 1 N–H and O–H groups in total. The molecule has 3 heterocycles. The first-order valence-corrected chi connectivity index (χ1v) is 12.7. The number of Topliss-reactive ketones (excluding diaryl/α,β-unsaturated/α-hetero) is 1. The van der Waals surface area contributed by atoms with Gasteiger partial charge in [0, 0.05) is 19.0 Å². The van der Waals surface area contributed by atoms with Crippen LogP contribution in [0.4, 0.5) is 0 Å². The van der Waals surface area contributed by atoms with Gasteiger partial charge in [0.25, 0.3) is 17.7 Å². The Morgan fingerprint density at radius 2 is 1.80 bits per heavy atom. The molecule has 1 atom stereocenters. The number of amides is 4. The lowest BCUT2D eigenvalue weighted by Crippen LogP contribution is -2.62. The van der Waals surface area contributed by atoms with E-state index in [1.807, 2.05) is 0 Å². The van der Waals surface area contributed by atoms with Crippen LogP contribution < -0.4 is 5.32 Å². The maximum Gasteiger partial charge on any atom is 0.262 e. The Kier molecular flexibility index (Phi) is 6.14. The molecule has 2 aliphatic heterocycles. The zero-order valence-corrected chi connectivity index (χ0v) is 20.0. The molecule has 1 aromatic heterocycles. The molecular weight excluding hydrogens is 474 g/mol. The minimum absolute atomic E-state index is 0.0163. The Hall–Kier alpha value is -3.73. The summed E-state index contributed by atoms with van der Waals surface area (Å²) in [6, 6.07) is 7.38. The highest BCUT2D eigenvalue weighted by Crippen LogP contribution is 2.34. The molecule has 182 valence electrons. The molecule has 0 saturated carbocycles. The number of aromatic nitrogens is 1. The van der Waals surface area contributed by atoms with Crippen molar-refractivity contribution in [1.82, 2.24) is 15.2 Å². The standard InChI is InChI=1S/C24H23N3O7S/c1-3-35(33,34)15-6-8-18(25-13-15)19(28)9-5-14-4-7-16-17(12-14)22(31)27(21(16)30)24(2)11-10-20(29)26-23(24)32/h4,6-8,12-13H,3,5,9-11H2,1-2H3,(H,26,29,32)/t24-/m0/s1. The van der Waals surface area contributed by atoms with Gasteiger partial charge in [0.1, 0.15) is 11.2 Å². The fraction of sp³-hybridized carbons (Fsp3) is 0.333. The summed E-state index contributed by atoms with van der Waals surface area (Å²) in [6.45, 7) is 2.98. The Balaban J connectivity index is 1.48. The predicted octanol–water partition coefficient (Wildman–Crippen LogP) is 1.48. The zero-order chi connectivity index (χ0) is 25.5. The van der Waals surface area contributed by atoms with Crippen molar-refractivity contribution in [2.75, 3.05) is 5.75 Å². The number of nitrogens with zero attached hydrogens (tertiary/aromatic N) is 2. The van der Waals surface area contributed by atoms with E-state index >= 15 is 0 Å². The molecule has 0 radical (unpaired) electrons. The summed E-state index contributed by atoms with van der Waals surface area (Å²) >= 11 is 0. The van der Waals surface area contributed by atoms with Crippen LogP contribution in [0.5, 0.6) is 0 Å². The zero-order valence-electron chi connectivity index (χ0n) is 19.2. The lowest BCUT2D eigenvalue weighted by atomic mass is 9.89. The smallest absolute Gasteiger partial charge is 0.262 e. The number of aryl methyl sites for hydroxylation is 1. The molecule has 2 aromatic rings. The third-order valence-electron chi connectivity index (χ3n) is 6.43. The molecule has 0 unspecified atom stereocenters. The summed E-state index contributed by atoms with van der Waals surface area (Å²) < 4.78 is 23.8. The van der Waals surface area contributed by atoms with Crippen molar-refractivity contribution in [2.24, 2.45) is 0 Å². The van der Waals surface area contributed by atoms with E-state index in [9.17, 15) is 32.4 Å². The number of imide groups is 2. The summed E-state index contributed by atoms with van der Waals surface area (Å²) in [6.07, 6.45) is 1.53. The summed E-state index contributed by atoms with van der Waals surface area (Å²) in [5, 5.41) is 2.19. The van der Waals surface area contributed by atoms with Crippen LogP contribution in [0, 0.1) is 0 Å². The fourth-order valence-electron chi connectivity index (χ4n) is 4.18. The molecule has 0 aliphatic carbocycles. The molecular formula is C24H23N3O7S. The van der Waals surface area contributed by atoms with E-state index in [0.717, 1.165) is 11.1 Å². The number of ketones is 1. The van der Waals surface area contributed by atoms with E-state index in [1.165, 1.54) is 38.1 Å². The number of hydrogen-bond acceptors (Lipinski definition) is 8. The maximum absolute atomic E-state index is 13.1. The van der Waals surface area contributed by atoms with Crippen molar-refractivity contribution >= 4 is 39.2 Å². The second-order valence-electron chi connectivity index (χ2n) is 8.68. The Labute approximate surface area is 201 Å². The molecule has 1 saturated heterocycles. The second kappa shape index (κ2) is 8.81. The third-order valence-corrected chi connectivity index (χ3v) is 8.15. The summed E-state index contributed by atoms with van der Waals surface area (Å²) in [5.41, 5.74) is -0.410. The third kappa shape index (κ3) is 4.27. The number of hydrogen-bond donors (Lipinski definition) is 1. The second-order valence-corrected chi connectivity index (χ2v) is 11.0. The van der Waals surface area contributed by atoms with Crippen molar-refractivity contribution < 1.29 is 32.4 Å². The first-order valence-electron chi connectivity index (χ1n) is 11.1. The normalized spacial score (nSPS) is 20.1. The van der Waals surface area contributed by atoms with E-state index in [2.05, 4.69) is 10.3 Å². The van der Waals surface area contributed by atoms with E-state index in [0.29, 0.717) is 5.56 Å². The lowest BCUT2D eigenvalue weighted by Gasteiger charge is -2.38. The fourth-order valence-corrected chi connectivity index (χ4v) is 5.00. The van der Waals surface area contributed by atoms with Gasteiger partial charge in [-0.2, -0.15) is 0 Å². The van der Waals surface area contributed by atoms with E-state index in [1.54, 1.807) is 6.07 Å². The number of benzene rings is 1. The first-order chi connectivity index (χ1) is 16.5. The lowest BCUT2D eigenvalue weighted by molar-refractivity contribution is -0.140. The molecule has 4 rings (SSSR count). The molecule has 11 heteroatoms. The Bertz CT molecular complexity index is 1380. The number of piperidine rings is 1. The number of nitrogens with one attached hydrogen (secondary N) is 1. The van der Waals surface area contributed by atoms with Gasteiger partial charge in [0.2, 0.25) is 5.91 Å². The first kappa shape index (κ1) is 24.4. The van der Waals surface area contributed by atoms with Gasteiger partial charge in [0.15, 0.2) is 15.6 Å². The molecule has 35 heavy (non-hydrogen) atoms. The number of rotatable bonds is 7. The summed E-state index contributed by atoms with van der Waals surface area (Å²) in [4.78, 5) is 67.5. The van der Waals surface area contributed by atoms with Crippen LogP contribution in [-0.4, -0.2) is 59.0 Å². The van der Waals surface area contributed by atoms with Crippen molar-refractivity contribution in [3.8, 4) is 0 Å².